The molecule has 2 nitrogen and oxygen atoms in total. The van der Waals surface area contributed by atoms with E-state index < -0.39 is 0 Å². The van der Waals surface area contributed by atoms with Crippen LogP contribution in [-0.2, 0) is 13.0 Å². The second kappa shape index (κ2) is 6.40. The van der Waals surface area contributed by atoms with Gasteiger partial charge in [0.25, 0.3) is 0 Å². The number of methoxy groups -OCH3 is 1. The van der Waals surface area contributed by atoms with Crippen LogP contribution in [0.3, 0.4) is 0 Å². The van der Waals surface area contributed by atoms with Crippen molar-refractivity contribution in [2.75, 3.05) is 13.7 Å². The molecule has 3 heteroatoms. The van der Waals surface area contributed by atoms with Crippen molar-refractivity contribution in [3.8, 4) is 5.75 Å². The van der Waals surface area contributed by atoms with Crippen LogP contribution in [0.5, 0.6) is 5.75 Å². The lowest BCUT2D eigenvalue weighted by Crippen LogP contribution is -2.12. The van der Waals surface area contributed by atoms with Crippen molar-refractivity contribution in [3.63, 3.8) is 0 Å². The van der Waals surface area contributed by atoms with Crippen LogP contribution in [0, 0.1) is 5.92 Å². The van der Waals surface area contributed by atoms with E-state index in [-0.39, 0.29) is 0 Å². The van der Waals surface area contributed by atoms with Crippen LogP contribution >= 0.6 is 11.3 Å². The van der Waals surface area contributed by atoms with Gasteiger partial charge in [-0.15, -0.1) is 11.3 Å². The van der Waals surface area contributed by atoms with E-state index in [0.29, 0.717) is 5.92 Å². The van der Waals surface area contributed by atoms with Gasteiger partial charge in [-0.1, -0.05) is 20.8 Å². The van der Waals surface area contributed by atoms with Crippen molar-refractivity contribution in [3.05, 3.63) is 28.6 Å². The molecule has 0 aliphatic carbocycles. The Morgan fingerprint density at radius 1 is 1.32 bits per heavy atom. The zero-order valence-electron chi connectivity index (χ0n) is 12.2. The maximum absolute atomic E-state index is 5.32. The fourth-order valence-electron chi connectivity index (χ4n) is 2.32. The average molecular weight is 277 g/mol. The van der Waals surface area contributed by atoms with Gasteiger partial charge in [-0.2, -0.15) is 0 Å². The summed E-state index contributed by atoms with van der Waals surface area (Å²) in [6.45, 7) is 8.70. The van der Waals surface area contributed by atoms with E-state index in [9.17, 15) is 0 Å². The number of hydrogen-bond acceptors (Lipinski definition) is 3. The van der Waals surface area contributed by atoms with Crippen LogP contribution in [-0.4, -0.2) is 13.7 Å². The van der Waals surface area contributed by atoms with E-state index >= 15 is 0 Å². The monoisotopic (exact) mass is 277 g/mol. The van der Waals surface area contributed by atoms with Crippen molar-refractivity contribution in [2.45, 2.75) is 33.7 Å². The Balaban J connectivity index is 2.45. The van der Waals surface area contributed by atoms with Gasteiger partial charge in [-0.3, -0.25) is 0 Å². The number of rotatable bonds is 6. The van der Waals surface area contributed by atoms with Crippen LogP contribution in [0.2, 0.25) is 0 Å². The van der Waals surface area contributed by atoms with Gasteiger partial charge in [0.1, 0.15) is 5.75 Å². The van der Waals surface area contributed by atoms with Gasteiger partial charge in [-0.25, -0.2) is 0 Å². The highest BCUT2D eigenvalue weighted by atomic mass is 32.1. The molecule has 0 radical (unpaired) electrons. The minimum absolute atomic E-state index is 0.681. The normalized spacial score (nSPS) is 11.4. The summed E-state index contributed by atoms with van der Waals surface area (Å²) in [6.07, 6.45) is 1.15. The van der Waals surface area contributed by atoms with Gasteiger partial charge in [-0.05, 0) is 48.0 Å². The highest BCUT2D eigenvalue weighted by Gasteiger charge is 2.13. The number of hydrogen-bond donors (Lipinski definition) is 1. The Morgan fingerprint density at radius 2 is 2.11 bits per heavy atom. The molecule has 2 rings (SSSR count). The molecule has 0 spiro atoms. The molecule has 0 unspecified atom stereocenters. The molecule has 1 aromatic carbocycles. The average Bonchev–Trinajstić information content (AvgIpc) is 2.73. The standard InChI is InChI=1S/C16H23NOS/c1-5-17-10-16-14(8-11(2)3)13-7-6-12(18-4)9-15(13)19-16/h6-7,9,11,17H,5,8,10H2,1-4H3. The fraction of sp³-hybridized carbons (Fsp3) is 0.500. The zero-order valence-corrected chi connectivity index (χ0v) is 13.1. The number of fused-ring (bicyclic) bond motifs is 1. The van der Waals surface area contributed by atoms with Crippen LogP contribution in [0.25, 0.3) is 10.1 Å². The third-order valence-electron chi connectivity index (χ3n) is 3.23. The van der Waals surface area contributed by atoms with E-state index in [1.54, 1.807) is 7.11 Å². The summed E-state index contributed by atoms with van der Waals surface area (Å²) in [4.78, 5) is 1.47. The number of thiophene rings is 1. The third kappa shape index (κ3) is 3.28. The molecule has 0 atom stereocenters. The predicted molar refractivity (Wildman–Crippen MR) is 84.3 cm³/mol. The number of ether oxygens (including phenoxy) is 1. The summed E-state index contributed by atoms with van der Waals surface area (Å²) in [7, 11) is 1.73. The van der Waals surface area contributed by atoms with Crippen molar-refractivity contribution >= 4 is 21.4 Å². The molecule has 1 aromatic heterocycles. The van der Waals surface area contributed by atoms with Crippen molar-refractivity contribution in [1.29, 1.82) is 0 Å². The summed E-state index contributed by atoms with van der Waals surface area (Å²) < 4.78 is 6.66. The Labute approximate surface area is 119 Å². The van der Waals surface area contributed by atoms with Crippen LogP contribution < -0.4 is 10.1 Å². The van der Waals surface area contributed by atoms with Gasteiger partial charge < -0.3 is 10.1 Å². The molecule has 0 saturated heterocycles. The van der Waals surface area contributed by atoms with E-state index in [1.165, 1.54) is 20.5 Å². The van der Waals surface area contributed by atoms with E-state index in [1.807, 2.05) is 11.3 Å². The van der Waals surface area contributed by atoms with Crippen molar-refractivity contribution in [1.82, 2.24) is 5.32 Å². The van der Waals surface area contributed by atoms with E-state index in [2.05, 4.69) is 44.3 Å². The van der Waals surface area contributed by atoms with Gasteiger partial charge >= 0.3 is 0 Å². The largest absolute Gasteiger partial charge is 0.497 e. The summed E-state index contributed by atoms with van der Waals surface area (Å²) in [5.41, 5.74) is 1.51. The first-order chi connectivity index (χ1) is 9.15. The molecule has 0 aliphatic heterocycles. The molecule has 19 heavy (non-hydrogen) atoms. The molecule has 1 N–H and O–H groups in total. The lowest BCUT2D eigenvalue weighted by Gasteiger charge is -2.08. The lowest BCUT2D eigenvalue weighted by atomic mass is 10.00. The first-order valence-corrected chi connectivity index (χ1v) is 7.76. The second-order valence-electron chi connectivity index (χ2n) is 5.24. The van der Waals surface area contributed by atoms with Crippen LogP contribution in [0.15, 0.2) is 18.2 Å². The molecule has 0 saturated carbocycles. The summed E-state index contributed by atoms with van der Waals surface area (Å²) in [5, 5.41) is 4.84. The Kier molecular flexibility index (Phi) is 4.83. The van der Waals surface area contributed by atoms with Crippen molar-refractivity contribution in [2.24, 2.45) is 5.92 Å². The lowest BCUT2D eigenvalue weighted by molar-refractivity contribution is 0.415. The number of benzene rings is 1. The smallest absolute Gasteiger partial charge is 0.120 e. The zero-order chi connectivity index (χ0) is 13.8. The first-order valence-electron chi connectivity index (χ1n) is 6.94. The molecule has 0 bridgehead atoms. The molecule has 2 aromatic rings. The van der Waals surface area contributed by atoms with Crippen LogP contribution in [0.4, 0.5) is 0 Å². The topological polar surface area (TPSA) is 21.3 Å². The minimum atomic E-state index is 0.681. The van der Waals surface area contributed by atoms with Gasteiger partial charge in [0, 0.05) is 16.1 Å². The maximum atomic E-state index is 5.32. The van der Waals surface area contributed by atoms with Gasteiger partial charge in [0.05, 0.1) is 7.11 Å². The molecule has 0 fully saturated rings. The van der Waals surface area contributed by atoms with Crippen LogP contribution in [0.1, 0.15) is 31.2 Å². The predicted octanol–water partition coefficient (Wildman–Crippen LogP) is 4.22. The first kappa shape index (κ1) is 14.4. The SMILES string of the molecule is CCNCc1sc2cc(OC)ccc2c1CC(C)C. The molecule has 104 valence electrons. The van der Waals surface area contributed by atoms with Gasteiger partial charge in [0.2, 0.25) is 0 Å². The molecule has 1 heterocycles. The fourth-order valence-corrected chi connectivity index (χ4v) is 3.55. The maximum Gasteiger partial charge on any atom is 0.120 e. The van der Waals surface area contributed by atoms with Gasteiger partial charge in [0.15, 0.2) is 0 Å². The van der Waals surface area contributed by atoms with Crippen molar-refractivity contribution < 1.29 is 4.74 Å². The molecular formula is C16H23NOS. The third-order valence-corrected chi connectivity index (χ3v) is 4.43. The summed E-state index contributed by atoms with van der Waals surface area (Å²) in [5.74, 6) is 1.63. The second-order valence-corrected chi connectivity index (χ2v) is 6.38. The Hall–Kier alpha value is -1.06. The molecular weight excluding hydrogens is 254 g/mol. The molecule has 0 amide bonds. The summed E-state index contributed by atoms with van der Waals surface area (Å²) >= 11 is 1.89. The summed E-state index contributed by atoms with van der Waals surface area (Å²) in [6, 6.07) is 6.42. The highest BCUT2D eigenvalue weighted by molar-refractivity contribution is 7.19. The minimum Gasteiger partial charge on any atom is -0.497 e. The Morgan fingerprint density at radius 3 is 2.74 bits per heavy atom. The quantitative estimate of drug-likeness (QED) is 0.853. The van der Waals surface area contributed by atoms with E-state index in [0.717, 1.165) is 25.3 Å². The molecule has 0 aliphatic rings. The Bertz CT molecular complexity index is 545. The number of nitrogens with one attached hydrogen (secondary N) is 1. The van der Waals surface area contributed by atoms with E-state index in [4.69, 9.17) is 4.74 Å². The highest BCUT2D eigenvalue weighted by Crippen LogP contribution is 2.35.